The predicted octanol–water partition coefficient (Wildman–Crippen LogP) is 17.0. The lowest BCUT2D eigenvalue weighted by atomic mass is 10.1. The number of H-pyrrole nitrogens is 3. The quantitative estimate of drug-likeness (QED) is 0.0864. The first-order valence-electron chi connectivity index (χ1n) is 28.4. The van der Waals surface area contributed by atoms with Crippen molar-refractivity contribution in [2.75, 3.05) is 44.2 Å². The van der Waals surface area contributed by atoms with E-state index < -0.39 is 46.2 Å². The Kier molecular flexibility index (Phi) is 18.7. The number of nitrogens with zero attached hydrogens (tertiary/aromatic N) is 7. The number of anilines is 1. The molecular weight excluding hydrogens is 1200 g/mol. The summed E-state index contributed by atoms with van der Waals surface area (Å²) in [6.07, 6.45) is 1.79. The highest BCUT2D eigenvalue weighted by molar-refractivity contribution is 7.97. The molecule has 1 unspecified atom stereocenters. The number of aryl methyl sites for hydroxylation is 1. The molecule has 0 saturated carbocycles. The number of alkyl halides is 9. The third kappa shape index (κ3) is 15.4. The van der Waals surface area contributed by atoms with Crippen molar-refractivity contribution in [2.24, 2.45) is 0 Å². The van der Waals surface area contributed by atoms with Gasteiger partial charge in [-0.15, -0.1) is 0 Å². The van der Waals surface area contributed by atoms with Crippen molar-refractivity contribution in [1.82, 2.24) is 43.5 Å². The average Bonchev–Trinajstić information content (AvgIpc) is 4.54. The number of aromatic amines is 3. The summed E-state index contributed by atoms with van der Waals surface area (Å²) in [5.74, 6) is 2.97. The molecule has 4 aromatic heterocycles. The van der Waals surface area contributed by atoms with E-state index in [2.05, 4.69) is 87.4 Å². The maximum Gasteiger partial charge on any atom is 0.416 e. The zero-order valence-electron chi connectivity index (χ0n) is 47.7. The number of halogens is 9. The van der Waals surface area contributed by atoms with Crippen molar-refractivity contribution >= 4 is 56.2 Å². The zero-order valence-corrected chi connectivity index (χ0v) is 49.3. The fourth-order valence-corrected chi connectivity index (χ4v) is 12.5. The van der Waals surface area contributed by atoms with Crippen LogP contribution in [0.2, 0.25) is 0 Å². The van der Waals surface area contributed by atoms with Crippen molar-refractivity contribution in [2.45, 2.75) is 54.5 Å². The first-order valence-corrected chi connectivity index (χ1v) is 30.2. The zero-order chi connectivity index (χ0) is 62.3. The first-order chi connectivity index (χ1) is 42.8. The van der Waals surface area contributed by atoms with Crippen molar-refractivity contribution in [3.05, 3.63) is 240 Å². The van der Waals surface area contributed by atoms with E-state index in [1.165, 1.54) is 28.7 Å². The molecule has 3 aliphatic rings. The monoisotopic (exact) mass is 1250 g/mol. The van der Waals surface area contributed by atoms with Gasteiger partial charge in [-0.05, 0) is 132 Å². The number of nitrogens with one attached hydrogen (secondary N) is 3. The molecule has 22 heteroatoms. The van der Waals surface area contributed by atoms with E-state index >= 15 is 0 Å². The Bertz CT molecular complexity index is 4200. The number of pyridine rings is 1. The fraction of sp³-hybridized carbons (Fsp3) is 0.194. The van der Waals surface area contributed by atoms with Crippen molar-refractivity contribution in [1.29, 1.82) is 0 Å². The van der Waals surface area contributed by atoms with Gasteiger partial charge in [0.2, 0.25) is 0 Å². The van der Waals surface area contributed by atoms with Gasteiger partial charge in [0, 0.05) is 67.1 Å². The van der Waals surface area contributed by atoms with E-state index in [-0.39, 0.29) is 0 Å². The van der Waals surface area contributed by atoms with Crippen LogP contribution in [-0.4, -0.2) is 87.0 Å². The van der Waals surface area contributed by atoms with Crippen LogP contribution in [0.3, 0.4) is 0 Å². The van der Waals surface area contributed by atoms with Gasteiger partial charge in [-0.25, -0.2) is 32.8 Å². The molecule has 0 amide bonds. The molecule has 0 saturated heterocycles. The molecule has 0 bridgehead atoms. The Morgan fingerprint density at radius 1 is 0.483 bits per heavy atom. The van der Waals surface area contributed by atoms with Gasteiger partial charge in [-0.2, -0.15) is 39.5 Å². The van der Waals surface area contributed by atoms with Crippen LogP contribution < -0.4 is 4.90 Å². The third-order valence-corrected chi connectivity index (χ3v) is 17.7. The molecule has 0 fully saturated rings. The number of fused-ring (bicyclic) bond motifs is 1. The standard InChI is InChI=1S/C25H20F3N3OS.C22H20F3N3S.C20H17F3N4/c26-25(27,28)20-8-3-7-19(15-20)22-16-29-24(30-22)18-11-13-31(14-12-18)33(32)23-10-4-6-17-5-1-2-9-21(17)23;1-15-5-7-19(8-6-15)29-28-11-9-16(10-12-28)21-26-14-20(27-21)17-3-2-4-18(13-17)22(23,24)25;21-20(22,23)16-5-3-4-15(12-16)17-13-25-19(26-17)14-7-10-27(11-8-14)18-6-1-2-9-24-18/h1-11,15-16H,12-14H2,(H,29,30);2-9,13-14H,10-12H2,1H3,(H,26,27);1-7,9,12-13H,8,10-11H2,(H,25,26). The van der Waals surface area contributed by atoms with E-state index in [4.69, 9.17) is 0 Å². The summed E-state index contributed by atoms with van der Waals surface area (Å²) in [4.78, 5) is 31.1. The van der Waals surface area contributed by atoms with E-state index in [1.54, 1.807) is 54.9 Å². The van der Waals surface area contributed by atoms with Crippen LogP contribution >= 0.6 is 11.9 Å². The highest BCUT2D eigenvalue weighted by atomic mass is 32.2. The molecule has 89 heavy (non-hydrogen) atoms. The molecule has 1 atom stereocenters. The van der Waals surface area contributed by atoms with E-state index in [0.717, 1.165) is 113 Å². The largest absolute Gasteiger partial charge is 0.416 e. The number of aromatic nitrogens is 7. The molecule has 456 valence electrons. The fourth-order valence-electron chi connectivity index (χ4n) is 10.3. The Morgan fingerprint density at radius 2 is 0.955 bits per heavy atom. The molecule has 0 spiro atoms. The number of hydrogen-bond donors (Lipinski definition) is 3. The van der Waals surface area contributed by atoms with Gasteiger partial charge in [-0.1, -0.05) is 115 Å². The van der Waals surface area contributed by atoms with Crippen molar-refractivity contribution < 1.29 is 43.7 Å². The number of hydrogen-bond acceptors (Lipinski definition) is 8. The van der Waals surface area contributed by atoms with Crippen molar-refractivity contribution in [3.63, 3.8) is 0 Å². The molecule has 6 aromatic carbocycles. The van der Waals surface area contributed by atoms with Gasteiger partial charge in [0.05, 0.1) is 57.3 Å². The minimum absolute atomic E-state index is 0.429. The topological polar surface area (TPSA) is 126 Å². The van der Waals surface area contributed by atoms with Gasteiger partial charge in [-0.3, -0.25) is 0 Å². The SMILES string of the molecule is Cc1ccc(SN2CC=C(c3ncc(-c4cccc(C(F)(F)F)c4)[nH]3)CC2)cc1.FC(F)(F)c1cccc(-c2cnc(C3=CCN(c4ccccn4)CC3)[nH]2)c1.O=S(c1cccc2ccccc12)N1CC=C(c2ncc(-c3cccc(C(F)(F)F)c3)[nH]2)CC1. The van der Waals surface area contributed by atoms with Gasteiger partial charge in [0.25, 0.3) is 0 Å². The van der Waals surface area contributed by atoms with E-state index in [1.807, 2.05) is 71.0 Å². The highest BCUT2D eigenvalue weighted by Crippen LogP contribution is 2.37. The molecule has 10 aromatic rings. The first kappa shape index (κ1) is 61.8. The summed E-state index contributed by atoms with van der Waals surface area (Å²) >= 11 is 1.73. The number of rotatable bonds is 11. The molecule has 13 rings (SSSR count). The van der Waals surface area contributed by atoms with Gasteiger partial charge < -0.3 is 19.9 Å². The van der Waals surface area contributed by atoms with E-state index in [0.29, 0.717) is 71.5 Å². The minimum atomic E-state index is -4.39. The molecule has 0 aliphatic carbocycles. The molecule has 0 radical (unpaired) electrons. The van der Waals surface area contributed by atoms with Crippen LogP contribution in [0, 0.1) is 6.92 Å². The van der Waals surface area contributed by atoms with Gasteiger partial charge in [0.1, 0.15) is 34.3 Å². The molecule has 3 aliphatic heterocycles. The average molecular weight is 1250 g/mol. The Labute approximate surface area is 513 Å². The van der Waals surface area contributed by atoms with Crippen LogP contribution in [0.4, 0.5) is 45.3 Å². The summed E-state index contributed by atoms with van der Waals surface area (Å²) in [5, 5.41) is 2.03. The summed E-state index contributed by atoms with van der Waals surface area (Å²) in [5.41, 5.74) is 5.38. The van der Waals surface area contributed by atoms with Crippen molar-refractivity contribution in [3.8, 4) is 33.8 Å². The maximum atomic E-state index is 13.3. The van der Waals surface area contributed by atoms with Crippen LogP contribution in [-0.2, 0) is 29.5 Å². The number of benzene rings is 6. The molecule has 3 N–H and O–H groups in total. The second-order valence-corrected chi connectivity index (χ2v) is 23.8. The Morgan fingerprint density at radius 3 is 1.42 bits per heavy atom. The van der Waals surface area contributed by atoms with Crippen LogP contribution in [0.15, 0.2) is 211 Å². The predicted molar refractivity (Wildman–Crippen MR) is 332 cm³/mol. The van der Waals surface area contributed by atoms with Crippen LogP contribution in [0.1, 0.15) is 59.0 Å². The van der Waals surface area contributed by atoms with E-state index in [9.17, 15) is 43.7 Å². The Balaban J connectivity index is 0.000000138. The lowest BCUT2D eigenvalue weighted by Gasteiger charge is -2.26. The number of imidazole rings is 3. The smallest absolute Gasteiger partial charge is 0.353 e. The second-order valence-electron chi connectivity index (χ2n) is 21.2. The minimum Gasteiger partial charge on any atom is -0.353 e. The van der Waals surface area contributed by atoms with Gasteiger partial charge in [0.15, 0.2) is 0 Å². The maximum absolute atomic E-state index is 13.3. The summed E-state index contributed by atoms with van der Waals surface area (Å²) in [6, 6.07) is 43.7. The third-order valence-electron chi connectivity index (χ3n) is 15.1. The lowest BCUT2D eigenvalue weighted by molar-refractivity contribution is -0.138. The van der Waals surface area contributed by atoms with Crippen LogP contribution in [0.5, 0.6) is 0 Å². The molecular formula is C67H57F9N10OS2. The molecule has 11 nitrogen and oxygen atoms in total. The lowest BCUT2D eigenvalue weighted by Crippen LogP contribution is -2.30. The van der Waals surface area contributed by atoms with Gasteiger partial charge >= 0.3 is 18.5 Å². The highest BCUT2D eigenvalue weighted by Gasteiger charge is 2.33. The summed E-state index contributed by atoms with van der Waals surface area (Å²) < 4.78 is 134. The van der Waals surface area contributed by atoms with Crippen LogP contribution in [0.25, 0.3) is 61.3 Å². The summed E-state index contributed by atoms with van der Waals surface area (Å²) in [7, 11) is -1.30. The molecule has 7 heterocycles. The normalized spacial score (nSPS) is 15.5. The second kappa shape index (κ2) is 26.9. The Hall–Kier alpha value is -8.83. The summed E-state index contributed by atoms with van der Waals surface area (Å²) in [6.45, 7) is 6.33.